The van der Waals surface area contributed by atoms with E-state index in [0.717, 1.165) is 41.1 Å². The molecule has 0 radical (unpaired) electrons. The molecule has 0 fully saturated rings. The second kappa shape index (κ2) is 12.1. The number of benzene rings is 2. The highest BCUT2D eigenvalue weighted by Crippen LogP contribution is 2.32. The van der Waals surface area contributed by atoms with E-state index in [2.05, 4.69) is 15.4 Å². The van der Waals surface area contributed by atoms with Crippen molar-refractivity contribution in [2.24, 2.45) is 0 Å². The Labute approximate surface area is 216 Å². The number of carbonyl (C=O) groups excluding carboxylic acids is 2. The molecule has 0 bridgehead atoms. The fourth-order valence-corrected chi connectivity index (χ4v) is 5.67. The van der Waals surface area contributed by atoms with Crippen LogP contribution in [0.15, 0.2) is 54.6 Å². The van der Waals surface area contributed by atoms with Crippen LogP contribution in [0.2, 0.25) is 0 Å². The van der Waals surface area contributed by atoms with Gasteiger partial charge in [-0.1, -0.05) is 42.5 Å². The van der Waals surface area contributed by atoms with Crippen molar-refractivity contribution in [1.29, 1.82) is 0 Å². The maximum absolute atomic E-state index is 13.4. The van der Waals surface area contributed by atoms with Crippen molar-refractivity contribution in [3.63, 3.8) is 0 Å². The number of carbonyl (C=O) groups is 2. The number of rotatable bonds is 10. The van der Waals surface area contributed by atoms with Gasteiger partial charge in [0, 0.05) is 28.3 Å². The molecule has 0 aliphatic heterocycles. The van der Waals surface area contributed by atoms with Crippen LogP contribution in [0, 0.1) is 0 Å². The van der Waals surface area contributed by atoms with E-state index < -0.39 is 29.4 Å². The van der Waals surface area contributed by atoms with Crippen LogP contribution in [-0.2, 0) is 46.5 Å². The minimum absolute atomic E-state index is 0.301. The highest BCUT2D eigenvalue weighted by molar-refractivity contribution is 7.80. The Morgan fingerprint density at radius 2 is 1.78 bits per heavy atom. The summed E-state index contributed by atoms with van der Waals surface area (Å²) >= 11 is -0.799. The Morgan fingerprint density at radius 1 is 1.06 bits per heavy atom. The molecule has 1 aromatic heterocycles. The third-order valence-electron chi connectivity index (χ3n) is 5.90. The lowest BCUT2D eigenvalue weighted by Gasteiger charge is -2.22. The minimum atomic E-state index is -2.40. The number of methoxy groups -OCH3 is 1. The van der Waals surface area contributed by atoms with Crippen molar-refractivity contribution >= 4 is 40.3 Å². The molecule has 190 valence electrons. The van der Waals surface area contributed by atoms with Crippen LogP contribution in [0.25, 0.3) is 0 Å². The van der Waals surface area contributed by atoms with Gasteiger partial charge in [-0.25, -0.2) is 9.78 Å². The van der Waals surface area contributed by atoms with Crippen LogP contribution in [0.1, 0.15) is 39.2 Å². The zero-order valence-electron chi connectivity index (χ0n) is 19.7. The summed E-state index contributed by atoms with van der Waals surface area (Å²) in [6, 6.07) is 15.1. The molecule has 2 amide bonds. The molecule has 2 aromatic carbocycles. The summed E-state index contributed by atoms with van der Waals surface area (Å²) in [7, 11) is 1.26. The van der Waals surface area contributed by atoms with Crippen LogP contribution < -0.4 is 15.4 Å². The second-order valence-electron chi connectivity index (χ2n) is 8.45. The number of fused-ring (bicyclic) bond motifs is 1. The molecule has 0 saturated heterocycles. The Hall–Kier alpha value is -3.28. The van der Waals surface area contributed by atoms with Crippen LogP contribution in [0.3, 0.4) is 0 Å². The fraction of sp³-hybridized carbons (Fsp3) is 0.320. The van der Waals surface area contributed by atoms with E-state index in [1.54, 1.807) is 23.5 Å². The predicted octanol–water partition coefficient (Wildman–Crippen LogP) is 3.21. The first kappa shape index (κ1) is 25.8. The summed E-state index contributed by atoms with van der Waals surface area (Å²) in [5, 5.41) is 6.55. The summed E-state index contributed by atoms with van der Waals surface area (Å²) in [6.07, 6.45) is 3.07. The molecule has 9 nitrogen and oxygen atoms in total. The van der Waals surface area contributed by atoms with E-state index in [0.29, 0.717) is 18.5 Å². The number of nitrogens with one attached hydrogen (secondary N) is 3. The molecular weight excluding hydrogens is 500 g/mol. The van der Waals surface area contributed by atoms with Crippen LogP contribution in [0.5, 0.6) is 0 Å². The molecule has 1 aliphatic carbocycles. The molecule has 4 rings (SSSR count). The standard InChI is InChI=1S/C25H28N4O5S2/c1-34-25(31)28-20(14-16-6-3-2-4-7-16)23(30)26-21(24-27-19-8-5-9-22(19)35-24)15-17-10-12-18(13-11-17)29-36(32)33/h2-4,6-7,10-13,20-21,29H,5,8-9,14-15H2,1H3,(H,26,30)(H,28,31)(H,32,33)/p-1/t20-,21-/m0/s1. The maximum atomic E-state index is 13.4. The number of ether oxygens (including phenoxy) is 1. The molecule has 0 spiro atoms. The lowest BCUT2D eigenvalue weighted by molar-refractivity contribution is -0.123. The highest BCUT2D eigenvalue weighted by Gasteiger charge is 2.28. The third-order valence-corrected chi connectivity index (χ3v) is 7.57. The monoisotopic (exact) mass is 527 g/mol. The van der Waals surface area contributed by atoms with Gasteiger partial charge in [0.1, 0.15) is 11.0 Å². The molecule has 11 heteroatoms. The van der Waals surface area contributed by atoms with Gasteiger partial charge >= 0.3 is 6.09 Å². The van der Waals surface area contributed by atoms with E-state index in [1.165, 1.54) is 12.0 Å². The molecule has 3 aromatic rings. The SMILES string of the molecule is COC(=O)N[C@@H](Cc1ccccc1)C(=O)N[C@@H](Cc1ccc(NS(=O)[O-])cc1)c1nc2c(s1)CCC2. The van der Waals surface area contributed by atoms with Gasteiger partial charge in [0.25, 0.3) is 0 Å². The van der Waals surface area contributed by atoms with E-state index in [9.17, 15) is 18.4 Å². The van der Waals surface area contributed by atoms with Gasteiger partial charge in [-0.2, -0.15) is 0 Å². The van der Waals surface area contributed by atoms with Gasteiger partial charge in [0.05, 0.1) is 18.8 Å². The maximum Gasteiger partial charge on any atom is 0.407 e. The average molecular weight is 528 g/mol. The summed E-state index contributed by atoms with van der Waals surface area (Å²) in [5.41, 5.74) is 3.34. The Kier molecular flexibility index (Phi) is 8.68. The van der Waals surface area contributed by atoms with Gasteiger partial charge in [0.2, 0.25) is 5.91 Å². The molecule has 36 heavy (non-hydrogen) atoms. The first-order chi connectivity index (χ1) is 17.4. The topological polar surface area (TPSA) is 132 Å². The molecule has 1 unspecified atom stereocenters. The molecular formula is C25H27N4O5S2-. The Bertz CT molecular complexity index is 1200. The Morgan fingerprint density at radius 3 is 2.44 bits per heavy atom. The minimum Gasteiger partial charge on any atom is -0.755 e. The van der Waals surface area contributed by atoms with Gasteiger partial charge in [0.15, 0.2) is 0 Å². The lowest BCUT2D eigenvalue weighted by Crippen LogP contribution is -2.49. The summed E-state index contributed by atoms with van der Waals surface area (Å²) < 4.78 is 28.9. The molecule has 0 saturated carbocycles. The van der Waals surface area contributed by atoms with Crippen LogP contribution in [-0.4, -0.2) is 38.9 Å². The number of hydrogen-bond donors (Lipinski definition) is 3. The van der Waals surface area contributed by atoms with E-state index in [1.807, 2.05) is 42.5 Å². The highest BCUT2D eigenvalue weighted by atomic mass is 32.2. The normalized spacial score (nSPS) is 14.8. The number of nitrogens with zero attached hydrogens (tertiary/aromatic N) is 1. The largest absolute Gasteiger partial charge is 0.755 e. The van der Waals surface area contributed by atoms with Gasteiger partial charge in [-0.05, 0) is 48.9 Å². The number of thiazole rings is 1. The third kappa shape index (κ3) is 6.90. The van der Waals surface area contributed by atoms with Crippen LogP contribution in [0.4, 0.5) is 10.5 Å². The van der Waals surface area contributed by atoms with Crippen LogP contribution >= 0.6 is 11.3 Å². The predicted molar refractivity (Wildman–Crippen MR) is 137 cm³/mol. The summed E-state index contributed by atoms with van der Waals surface area (Å²) in [4.78, 5) is 31.5. The Balaban J connectivity index is 1.55. The average Bonchev–Trinajstić information content (AvgIpc) is 3.47. The quantitative estimate of drug-likeness (QED) is 0.347. The summed E-state index contributed by atoms with van der Waals surface area (Å²) in [5.74, 6) is -0.343. The van der Waals surface area contributed by atoms with Crippen molar-refractivity contribution < 1.29 is 23.1 Å². The first-order valence-corrected chi connectivity index (χ1v) is 13.4. The molecule has 1 heterocycles. The number of alkyl carbamates (subject to hydrolysis) is 1. The first-order valence-electron chi connectivity index (χ1n) is 11.5. The van der Waals surface area contributed by atoms with E-state index in [4.69, 9.17) is 9.72 Å². The van der Waals surface area contributed by atoms with Crippen molar-refractivity contribution in [2.75, 3.05) is 11.8 Å². The molecule has 1 aliphatic rings. The molecule has 3 N–H and O–H groups in total. The number of amides is 2. The second-order valence-corrected chi connectivity index (χ2v) is 10.2. The van der Waals surface area contributed by atoms with Crippen molar-refractivity contribution in [1.82, 2.24) is 15.6 Å². The van der Waals surface area contributed by atoms with E-state index >= 15 is 0 Å². The van der Waals surface area contributed by atoms with Gasteiger partial charge < -0.3 is 24.6 Å². The van der Waals surface area contributed by atoms with Crippen molar-refractivity contribution in [3.8, 4) is 0 Å². The molecule has 3 atom stereocenters. The number of aromatic nitrogens is 1. The van der Waals surface area contributed by atoms with Gasteiger partial charge in [-0.3, -0.25) is 9.00 Å². The number of anilines is 1. The fourth-order valence-electron chi connectivity index (χ4n) is 4.13. The zero-order chi connectivity index (χ0) is 25.5. The van der Waals surface area contributed by atoms with E-state index in [-0.39, 0.29) is 5.91 Å². The number of aryl methyl sites for hydroxylation is 2. The lowest BCUT2D eigenvalue weighted by atomic mass is 10.0. The van der Waals surface area contributed by atoms with Crippen molar-refractivity contribution in [3.05, 3.63) is 81.3 Å². The van der Waals surface area contributed by atoms with Gasteiger partial charge in [-0.15, -0.1) is 11.3 Å². The zero-order valence-corrected chi connectivity index (χ0v) is 21.3. The number of hydrogen-bond acceptors (Lipinski definition) is 7. The summed E-state index contributed by atoms with van der Waals surface area (Å²) in [6.45, 7) is 0. The van der Waals surface area contributed by atoms with Crippen molar-refractivity contribution in [2.45, 2.75) is 44.2 Å². The smallest absolute Gasteiger partial charge is 0.407 e.